The Hall–Kier alpha value is -2.01. The predicted octanol–water partition coefficient (Wildman–Crippen LogP) is 4.37. The Morgan fingerprint density at radius 2 is 1.79 bits per heavy atom. The van der Waals surface area contributed by atoms with Gasteiger partial charge in [-0.1, -0.05) is 33.6 Å². The lowest BCUT2D eigenvalue weighted by Gasteiger charge is -2.36. The fraction of sp³-hybridized carbons (Fsp3) is 0.250. The molecule has 0 N–H and O–H groups in total. The first-order chi connectivity index (χ1) is 13.3. The van der Waals surface area contributed by atoms with Crippen molar-refractivity contribution in [3.05, 3.63) is 68.6 Å². The summed E-state index contributed by atoms with van der Waals surface area (Å²) in [5, 5.41) is 10.1. The van der Waals surface area contributed by atoms with Gasteiger partial charge in [0.15, 0.2) is 4.91 Å². The number of hydrogen-bond donors (Lipinski definition) is 0. The summed E-state index contributed by atoms with van der Waals surface area (Å²) < 4.78 is 26.3. The lowest BCUT2D eigenvalue weighted by Crippen LogP contribution is -2.44. The molecule has 0 atom stereocenters. The summed E-state index contributed by atoms with van der Waals surface area (Å²) in [4.78, 5) is 3.96. The maximum atomic E-state index is 12.8. The second-order valence-electron chi connectivity index (χ2n) is 6.52. The van der Waals surface area contributed by atoms with E-state index in [4.69, 9.17) is 11.6 Å². The number of aryl methyl sites for hydroxylation is 1. The summed E-state index contributed by atoms with van der Waals surface area (Å²) in [6, 6.07) is 13.9. The van der Waals surface area contributed by atoms with Gasteiger partial charge in [-0.3, -0.25) is 0 Å². The van der Waals surface area contributed by atoms with Gasteiger partial charge in [-0.15, -0.1) is 0 Å². The van der Waals surface area contributed by atoms with E-state index in [1.165, 1.54) is 18.3 Å². The van der Waals surface area contributed by atoms with Gasteiger partial charge in [-0.25, -0.2) is 8.42 Å². The molecule has 3 rings (SSSR count). The molecule has 1 fully saturated rings. The van der Waals surface area contributed by atoms with Crippen LogP contribution in [-0.4, -0.2) is 39.5 Å². The first kappa shape index (κ1) is 20.7. The fourth-order valence-corrected chi connectivity index (χ4v) is 4.67. The first-order valence-electron chi connectivity index (χ1n) is 8.69. The maximum Gasteiger partial charge on any atom is 0.218 e. The van der Waals surface area contributed by atoms with Crippen molar-refractivity contribution in [2.75, 3.05) is 31.1 Å². The van der Waals surface area contributed by atoms with Crippen molar-refractivity contribution in [3.8, 4) is 6.07 Å². The lowest BCUT2D eigenvalue weighted by atomic mass is 10.1. The molecule has 0 bridgehead atoms. The maximum absolute atomic E-state index is 12.8. The van der Waals surface area contributed by atoms with E-state index in [9.17, 15) is 13.7 Å². The van der Waals surface area contributed by atoms with Crippen molar-refractivity contribution in [1.29, 1.82) is 5.26 Å². The number of rotatable bonds is 4. The van der Waals surface area contributed by atoms with Crippen molar-refractivity contribution >= 4 is 43.1 Å². The molecule has 1 aliphatic heterocycles. The summed E-state index contributed by atoms with van der Waals surface area (Å²) in [5.74, 6) is 0. The molecule has 0 unspecified atom stereocenters. The average Bonchev–Trinajstić information content (AvgIpc) is 2.68. The Morgan fingerprint density at radius 1 is 1.14 bits per heavy atom. The van der Waals surface area contributed by atoms with Crippen molar-refractivity contribution < 1.29 is 8.42 Å². The zero-order chi connectivity index (χ0) is 20.3. The number of halogens is 2. The highest BCUT2D eigenvalue weighted by Gasteiger charge is 2.23. The molecule has 1 aliphatic rings. The molecule has 0 aromatic heterocycles. The largest absolute Gasteiger partial charge is 0.372 e. The highest BCUT2D eigenvalue weighted by atomic mass is 79.9. The van der Waals surface area contributed by atoms with Gasteiger partial charge in [0.2, 0.25) is 9.84 Å². The quantitative estimate of drug-likeness (QED) is 0.608. The number of anilines is 1. The Labute approximate surface area is 178 Å². The van der Waals surface area contributed by atoms with Crippen LogP contribution in [0.1, 0.15) is 5.56 Å². The summed E-state index contributed by atoms with van der Waals surface area (Å²) in [6.07, 6.45) is 1.46. The number of piperazine rings is 1. The van der Waals surface area contributed by atoms with Gasteiger partial charge in [0, 0.05) is 47.6 Å². The van der Waals surface area contributed by atoms with E-state index in [0.717, 1.165) is 15.7 Å². The van der Waals surface area contributed by atoms with Crippen LogP contribution in [0.5, 0.6) is 0 Å². The number of benzene rings is 2. The molecule has 2 aromatic carbocycles. The topological polar surface area (TPSA) is 64.4 Å². The van der Waals surface area contributed by atoms with Crippen LogP contribution in [0.3, 0.4) is 0 Å². The minimum atomic E-state index is -3.84. The number of hydrogen-bond acceptors (Lipinski definition) is 5. The summed E-state index contributed by atoms with van der Waals surface area (Å²) >= 11 is 9.40. The van der Waals surface area contributed by atoms with Gasteiger partial charge in [0.25, 0.3) is 0 Å². The van der Waals surface area contributed by atoms with Crippen molar-refractivity contribution in [2.45, 2.75) is 11.8 Å². The van der Waals surface area contributed by atoms with E-state index in [1.807, 2.05) is 36.1 Å². The van der Waals surface area contributed by atoms with Crippen LogP contribution in [0.4, 0.5) is 5.69 Å². The molecular weight excluding hydrogens is 462 g/mol. The third-order valence-corrected chi connectivity index (χ3v) is 7.08. The van der Waals surface area contributed by atoms with Crippen LogP contribution < -0.4 is 4.90 Å². The summed E-state index contributed by atoms with van der Waals surface area (Å²) in [7, 11) is -3.84. The van der Waals surface area contributed by atoms with Crippen molar-refractivity contribution in [2.24, 2.45) is 0 Å². The predicted molar refractivity (Wildman–Crippen MR) is 115 cm³/mol. The standard InChI is InChI=1S/C20H19BrClN3O2S/c1-15-2-5-17(22)12-20(15)25-10-8-24(9-11-25)14-19(13-23)28(26,27)18-6-3-16(21)4-7-18/h2-7,12,14H,8-11H2,1H3. The number of nitriles is 1. The SMILES string of the molecule is Cc1ccc(Cl)cc1N1CCN(C=C(C#N)S(=O)(=O)c2ccc(Br)cc2)CC1. The molecule has 0 aliphatic carbocycles. The van der Waals surface area contributed by atoms with E-state index < -0.39 is 9.84 Å². The van der Waals surface area contributed by atoms with Gasteiger partial charge in [-0.05, 0) is 48.9 Å². The molecule has 1 saturated heterocycles. The number of nitrogens with zero attached hydrogens (tertiary/aromatic N) is 3. The van der Waals surface area contributed by atoms with Crippen LogP contribution in [-0.2, 0) is 9.84 Å². The molecule has 0 saturated carbocycles. The first-order valence-corrected chi connectivity index (χ1v) is 11.3. The summed E-state index contributed by atoms with van der Waals surface area (Å²) in [5.41, 5.74) is 2.23. The Balaban J connectivity index is 1.76. The highest BCUT2D eigenvalue weighted by Crippen LogP contribution is 2.26. The molecule has 2 aromatic rings. The minimum absolute atomic E-state index is 0.108. The van der Waals surface area contributed by atoms with Gasteiger partial charge in [0.05, 0.1) is 4.90 Å². The van der Waals surface area contributed by atoms with E-state index in [0.29, 0.717) is 31.2 Å². The molecule has 146 valence electrons. The molecule has 0 amide bonds. The van der Waals surface area contributed by atoms with Crippen LogP contribution in [0.15, 0.2) is 62.9 Å². The number of sulfone groups is 1. The second kappa shape index (κ2) is 8.56. The third-order valence-electron chi connectivity index (χ3n) is 4.65. The third kappa shape index (κ3) is 4.52. The average molecular weight is 481 g/mol. The Kier molecular flexibility index (Phi) is 6.33. The molecule has 0 spiro atoms. The van der Waals surface area contributed by atoms with E-state index in [2.05, 4.69) is 20.8 Å². The zero-order valence-electron chi connectivity index (χ0n) is 15.3. The van der Waals surface area contributed by atoms with Crippen LogP contribution in [0.2, 0.25) is 5.02 Å². The molecule has 28 heavy (non-hydrogen) atoms. The molecule has 1 heterocycles. The molecule has 8 heteroatoms. The molecule has 5 nitrogen and oxygen atoms in total. The normalized spacial score (nSPS) is 15.4. The minimum Gasteiger partial charge on any atom is -0.372 e. The second-order valence-corrected chi connectivity index (χ2v) is 9.79. The Bertz CT molecular complexity index is 1040. The van der Waals surface area contributed by atoms with E-state index in [-0.39, 0.29) is 9.80 Å². The summed E-state index contributed by atoms with van der Waals surface area (Å²) in [6.45, 7) is 4.71. The van der Waals surface area contributed by atoms with Gasteiger partial charge in [0.1, 0.15) is 6.07 Å². The lowest BCUT2D eigenvalue weighted by molar-refractivity contribution is 0.348. The van der Waals surface area contributed by atoms with Gasteiger partial charge < -0.3 is 9.80 Å². The van der Waals surface area contributed by atoms with Crippen molar-refractivity contribution in [1.82, 2.24) is 4.90 Å². The van der Waals surface area contributed by atoms with E-state index >= 15 is 0 Å². The van der Waals surface area contributed by atoms with Gasteiger partial charge in [-0.2, -0.15) is 5.26 Å². The highest BCUT2D eigenvalue weighted by molar-refractivity contribution is 9.10. The molecule has 0 radical (unpaired) electrons. The van der Waals surface area contributed by atoms with Crippen LogP contribution >= 0.6 is 27.5 Å². The number of allylic oxidation sites excluding steroid dienone is 1. The van der Waals surface area contributed by atoms with Crippen LogP contribution in [0, 0.1) is 18.3 Å². The monoisotopic (exact) mass is 479 g/mol. The van der Waals surface area contributed by atoms with Crippen LogP contribution in [0.25, 0.3) is 0 Å². The Morgan fingerprint density at radius 3 is 2.39 bits per heavy atom. The molecular formula is C20H19BrClN3O2S. The zero-order valence-corrected chi connectivity index (χ0v) is 18.4. The van der Waals surface area contributed by atoms with E-state index in [1.54, 1.807) is 12.1 Å². The van der Waals surface area contributed by atoms with Crippen molar-refractivity contribution in [3.63, 3.8) is 0 Å². The fourth-order valence-electron chi connectivity index (χ4n) is 3.08. The smallest absolute Gasteiger partial charge is 0.218 e. The van der Waals surface area contributed by atoms with Gasteiger partial charge >= 0.3 is 0 Å².